The second-order valence-electron chi connectivity index (χ2n) is 4.05. The summed E-state index contributed by atoms with van der Waals surface area (Å²) in [4.78, 5) is 5.35. The van der Waals surface area contributed by atoms with E-state index in [0.717, 1.165) is 27.7 Å². The molecule has 0 amide bonds. The lowest BCUT2D eigenvalue weighted by Crippen LogP contribution is -1.95. The molecule has 3 aromatic rings. The summed E-state index contributed by atoms with van der Waals surface area (Å²) in [6, 6.07) is 7.93. The molecule has 0 aliphatic heterocycles. The zero-order chi connectivity index (χ0) is 12.7. The van der Waals surface area contributed by atoms with E-state index < -0.39 is 0 Å². The highest BCUT2D eigenvalue weighted by Crippen LogP contribution is 2.31. The van der Waals surface area contributed by atoms with Gasteiger partial charge in [-0.2, -0.15) is 0 Å². The van der Waals surface area contributed by atoms with Crippen LogP contribution in [0.5, 0.6) is 5.75 Å². The Hall–Kier alpha value is -2.01. The van der Waals surface area contributed by atoms with E-state index in [-0.39, 0.29) is 0 Å². The molecule has 0 bridgehead atoms. The van der Waals surface area contributed by atoms with Gasteiger partial charge in [-0.1, -0.05) is 12.1 Å². The number of rotatable bonds is 2. The van der Waals surface area contributed by atoms with Crippen molar-refractivity contribution in [2.24, 2.45) is 0 Å². The van der Waals surface area contributed by atoms with E-state index in [1.54, 1.807) is 18.4 Å². The Balaban J connectivity index is 2.24. The van der Waals surface area contributed by atoms with Crippen LogP contribution in [-0.4, -0.2) is 16.5 Å². The maximum Gasteiger partial charge on any atom is 0.196 e. The summed E-state index contributed by atoms with van der Waals surface area (Å²) in [5.41, 5.74) is 9.06. The molecule has 0 aliphatic rings. The molecule has 5 heteroatoms. The topological polar surface area (TPSA) is 52.5 Å². The molecule has 92 valence electrons. The van der Waals surface area contributed by atoms with E-state index in [1.165, 1.54) is 0 Å². The summed E-state index contributed by atoms with van der Waals surface area (Å²) < 4.78 is 7.23. The monoisotopic (exact) mass is 259 g/mol. The van der Waals surface area contributed by atoms with Gasteiger partial charge in [-0.25, -0.2) is 4.98 Å². The molecule has 18 heavy (non-hydrogen) atoms. The lowest BCUT2D eigenvalue weighted by molar-refractivity contribution is 0.415. The number of hydrogen-bond donors (Lipinski definition) is 1. The number of imidazole rings is 1. The number of aryl methyl sites for hydroxylation is 1. The summed E-state index contributed by atoms with van der Waals surface area (Å²) in [7, 11) is 1.66. The lowest BCUT2D eigenvalue weighted by Gasteiger charge is -2.04. The fraction of sp³-hybridized carbons (Fsp3) is 0.154. The first-order valence-corrected chi connectivity index (χ1v) is 6.45. The summed E-state index contributed by atoms with van der Waals surface area (Å²) in [6.45, 7) is 1.92. The van der Waals surface area contributed by atoms with Gasteiger partial charge in [0, 0.05) is 10.9 Å². The minimum absolute atomic E-state index is 0.698. The van der Waals surface area contributed by atoms with Gasteiger partial charge < -0.3 is 10.5 Å². The van der Waals surface area contributed by atoms with Gasteiger partial charge in [0.1, 0.15) is 11.6 Å². The predicted molar refractivity (Wildman–Crippen MR) is 74.2 cm³/mol. The molecule has 4 nitrogen and oxygen atoms in total. The molecule has 0 saturated carbocycles. The van der Waals surface area contributed by atoms with Crippen molar-refractivity contribution >= 4 is 22.1 Å². The molecule has 0 atom stereocenters. The minimum atomic E-state index is 0.698. The average molecular weight is 259 g/mol. The molecule has 0 radical (unpaired) electrons. The fourth-order valence-corrected chi connectivity index (χ4v) is 2.92. The van der Waals surface area contributed by atoms with Crippen LogP contribution in [0.3, 0.4) is 0 Å². The maximum atomic E-state index is 6.07. The van der Waals surface area contributed by atoms with Gasteiger partial charge in [0.2, 0.25) is 0 Å². The van der Waals surface area contributed by atoms with E-state index in [0.29, 0.717) is 5.82 Å². The van der Waals surface area contributed by atoms with Gasteiger partial charge in [-0.3, -0.25) is 4.40 Å². The van der Waals surface area contributed by atoms with Crippen LogP contribution in [0.1, 0.15) is 5.69 Å². The van der Waals surface area contributed by atoms with E-state index in [4.69, 9.17) is 10.5 Å². The highest BCUT2D eigenvalue weighted by Gasteiger charge is 2.13. The van der Waals surface area contributed by atoms with Gasteiger partial charge in [-0.15, -0.1) is 11.3 Å². The number of fused-ring (bicyclic) bond motifs is 1. The molecule has 0 aliphatic carbocycles. The molecular formula is C13H13N3OS. The van der Waals surface area contributed by atoms with Crippen LogP contribution in [0.25, 0.3) is 16.2 Å². The number of methoxy groups -OCH3 is 1. The number of aromatic nitrogens is 2. The number of nitrogens with zero attached hydrogens (tertiary/aromatic N) is 2. The Morgan fingerprint density at radius 2 is 2.22 bits per heavy atom. The van der Waals surface area contributed by atoms with Crippen LogP contribution in [-0.2, 0) is 0 Å². The van der Waals surface area contributed by atoms with Crippen molar-refractivity contribution in [2.75, 3.05) is 12.8 Å². The van der Waals surface area contributed by atoms with Crippen molar-refractivity contribution in [1.29, 1.82) is 0 Å². The number of hydrogen-bond acceptors (Lipinski definition) is 4. The Bertz CT molecular complexity index is 714. The molecule has 0 fully saturated rings. The Morgan fingerprint density at radius 1 is 1.39 bits per heavy atom. The maximum absolute atomic E-state index is 6.07. The highest BCUT2D eigenvalue weighted by atomic mass is 32.1. The quantitative estimate of drug-likeness (QED) is 0.769. The van der Waals surface area contributed by atoms with Crippen molar-refractivity contribution in [2.45, 2.75) is 6.92 Å². The third kappa shape index (κ3) is 1.55. The smallest absolute Gasteiger partial charge is 0.196 e. The molecule has 2 aromatic heterocycles. The van der Waals surface area contributed by atoms with Gasteiger partial charge in [0.25, 0.3) is 0 Å². The Labute approximate surface area is 109 Å². The van der Waals surface area contributed by atoms with Crippen molar-refractivity contribution < 1.29 is 4.74 Å². The first kappa shape index (κ1) is 11.1. The van der Waals surface area contributed by atoms with Gasteiger partial charge in [0.05, 0.1) is 18.5 Å². The number of nitrogens with two attached hydrogens (primary N) is 1. The molecule has 3 rings (SSSR count). The van der Waals surface area contributed by atoms with Crippen molar-refractivity contribution in [3.05, 3.63) is 35.3 Å². The van der Waals surface area contributed by atoms with Crippen LogP contribution >= 0.6 is 11.3 Å². The minimum Gasteiger partial charge on any atom is -0.497 e. The second kappa shape index (κ2) is 4.03. The molecular weight excluding hydrogens is 246 g/mol. The SMILES string of the molecule is COc1cccc(-c2csc3nc(C)c(N)n23)c1. The van der Waals surface area contributed by atoms with Crippen LogP contribution < -0.4 is 10.5 Å². The van der Waals surface area contributed by atoms with Crippen LogP contribution in [0.2, 0.25) is 0 Å². The highest BCUT2D eigenvalue weighted by molar-refractivity contribution is 7.15. The largest absolute Gasteiger partial charge is 0.497 e. The summed E-state index contributed by atoms with van der Waals surface area (Å²) in [6.07, 6.45) is 0. The van der Waals surface area contributed by atoms with Crippen molar-refractivity contribution in [3.63, 3.8) is 0 Å². The number of ether oxygens (including phenoxy) is 1. The van der Waals surface area contributed by atoms with Crippen LogP contribution in [0.15, 0.2) is 29.6 Å². The Morgan fingerprint density at radius 3 is 3.00 bits per heavy atom. The third-order valence-corrected chi connectivity index (χ3v) is 3.77. The molecule has 0 unspecified atom stereocenters. The zero-order valence-corrected chi connectivity index (χ0v) is 11.0. The number of benzene rings is 1. The second-order valence-corrected chi connectivity index (χ2v) is 4.89. The predicted octanol–water partition coefficient (Wildman–Crippen LogP) is 2.96. The molecule has 2 N–H and O–H groups in total. The van der Waals surface area contributed by atoms with Crippen molar-refractivity contribution in [3.8, 4) is 17.0 Å². The summed E-state index contributed by atoms with van der Waals surface area (Å²) in [5.74, 6) is 1.53. The van der Waals surface area contributed by atoms with Crippen LogP contribution in [0.4, 0.5) is 5.82 Å². The summed E-state index contributed by atoms with van der Waals surface area (Å²) in [5, 5.41) is 2.06. The number of anilines is 1. The average Bonchev–Trinajstić information content (AvgIpc) is 2.92. The normalized spacial score (nSPS) is 11.0. The molecule has 0 saturated heterocycles. The van der Waals surface area contributed by atoms with Crippen LogP contribution in [0, 0.1) is 6.92 Å². The van der Waals surface area contributed by atoms with E-state index >= 15 is 0 Å². The number of thiazole rings is 1. The Kier molecular flexibility index (Phi) is 2.48. The van der Waals surface area contributed by atoms with E-state index in [9.17, 15) is 0 Å². The molecule has 1 aromatic carbocycles. The fourth-order valence-electron chi connectivity index (χ4n) is 1.97. The van der Waals surface area contributed by atoms with E-state index in [1.807, 2.05) is 35.6 Å². The number of nitrogen functional groups attached to an aromatic ring is 1. The lowest BCUT2D eigenvalue weighted by atomic mass is 10.1. The van der Waals surface area contributed by atoms with Gasteiger partial charge in [0.15, 0.2) is 4.96 Å². The van der Waals surface area contributed by atoms with E-state index in [2.05, 4.69) is 10.4 Å². The van der Waals surface area contributed by atoms with Crippen molar-refractivity contribution in [1.82, 2.24) is 9.38 Å². The molecule has 2 heterocycles. The zero-order valence-electron chi connectivity index (χ0n) is 10.2. The first-order chi connectivity index (χ1) is 8.70. The standard InChI is InChI=1S/C13H13N3OS/c1-8-12(14)16-11(7-18-13(16)15-8)9-4-3-5-10(6-9)17-2/h3-7H,14H2,1-2H3. The molecule has 0 spiro atoms. The summed E-state index contributed by atoms with van der Waals surface area (Å²) >= 11 is 1.59. The third-order valence-electron chi connectivity index (χ3n) is 2.95. The first-order valence-electron chi connectivity index (χ1n) is 5.57. The van der Waals surface area contributed by atoms with Gasteiger partial charge in [-0.05, 0) is 19.1 Å². The van der Waals surface area contributed by atoms with Gasteiger partial charge >= 0.3 is 0 Å².